The molecule has 0 bridgehead atoms. The highest BCUT2D eigenvalue weighted by atomic mass is 35.5. The normalized spacial score (nSPS) is 17.0. The maximum absolute atomic E-state index is 13.0. The molecule has 4 nitrogen and oxygen atoms in total. The summed E-state index contributed by atoms with van der Waals surface area (Å²) in [5.74, 6) is 0. The third-order valence-corrected chi connectivity index (χ3v) is 7.08. The molecule has 0 N–H and O–H groups in total. The molecule has 1 heterocycles. The van der Waals surface area contributed by atoms with Gasteiger partial charge in [-0.05, 0) is 30.7 Å². The minimum Gasteiger partial charge on any atom is -0.296 e. The van der Waals surface area contributed by atoms with Crippen LogP contribution < -0.4 is 0 Å². The summed E-state index contributed by atoms with van der Waals surface area (Å²) in [5, 5.41) is -0.213. The molecule has 0 amide bonds. The van der Waals surface area contributed by atoms with E-state index in [-0.39, 0.29) is 18.1 Å². The van der Waals surface area contributed by atoms with Crippen molar-refractivity contribution < 1.29 is 21.6 Å². The fourth-order valence-electron chi connectivity index (χ4n) is 3.21. The predicted octanol–water partition coefficient (Wildman–Crippen LogP) is 4.17. The Morgan fingerprint density at radius 3 is 2.32 bits per heavy atom. The van der Waals surface area contributed by atoms with Crippen LogP contribution in [0.1, 0.15) is 16.7 Å². The Morgan fingerprint density at radius 2 is 1.71 bits per heavy atom. The quantitative estimate of drug-likeness (QED) is 0.728. The number of hydrogen-bond acceptors (Lipinski definition) is 3. The topological polar surface area (TPSA) is 40.6 Å². The highest BCUT2D eigenvalue weighted by Gasteiger charge is 2.35. The van der Waals surface area contributed by atoms with Crippen LogP contribution in [-0.4, -0.2) is 43.8 Å². The van der Waals surface area contributed by atoms with E-state index in [9.17, 15) is 21.6 Å². The van der Waals surface area contributed by atoms with Gasteiger partial charge in [0, 0.05) is 32.7 Å². The van der Waals surface area contributed by atoms with Crippen LogP contribution in [0.5, 0.6) is 0 Å². The molecule has 0 atom stereocenters. The lowest BCUT2D eigenvalue weighted by Crippen LogP contribution is -2.48. The van der Waals surface area contributed by atoms with Crippen LogP contribution in [0.4, 0.5) is 13.2 Å². The number of sulfonamides is 1. The van der Waals surface area contributed by atoms with E-state index in [1.807, 2.05) is 25.1 Å². The number of nitrogens with zero attached hydrogens (tertiary/aromatic N) is 2. The highest BCUT2D eigenvalue weighted by molar-refractivity contribution is 7.89. The maximum atomic E-state index is 13.0. The molecule has 0 aliphatic carbocycles. The van der Waals surface area contributed by atoms with Gasteiger partial charge in [-0.3, -0.25) is 4.90 Å². The number of aryl methyl sites for hydroxylation is 1. The molecule has 0 aromatic heterocycles. The van der Waals surface area contributed by atoms with E-state index < -0.39 is 26.7 Å². The molecule has 9 heteroatoms. The minimum atomic E-state index is -4.64. The van der Waals surface area contributed by atoms with Crippen LogP contribution in [-0.2, 0) is 22.7 Å². The summed E-state index contributed by atoms with van der Waals surface area (Å²) < 4.78 is 65.8. The molecule has 2 aromatic carbocycles. The first kappa shape index (κ1) is 21.1. The smallest absolute Gasteiger partial charge is 0.296 e. The third kappa shape index (κ3) is 4.68. The zero-order chi connectivity index (χ0) is 20.5. The highest BCUT2D eigenvalue weighted by Crippen LogP contribution is 2.34. The average molecular weight is 433 g/mol. The molecule has 0 saturated carbocycles. The van der Waals surface area contributed by atoms with Crippen LogP contribution in [0.25, 0.3) is 0 Å². The second-order valence-corrected chi connectivity index (χ2v) is 9.13. The van der Waals surface area contributed by atoms with E-state index in [2.05, 4.69) is 11.0 Å². The van der Waals surface area contributed by atoms with Crippen LogP contribution in [0, 0.1) is 6.92 Å². The Morgan fingerprint density at radius 1 is 1.04 bits per heavy atom. The van der Waals surface area contributed by atoms with Gasteiger partial charge in [0.15, 0.2) is 0 Å². The summed E-state index contributed by atoms with van der Waals surface area (Å²) in [4.78, 5) is 1.62. The van der Waals surface area contributed by atoms with Gasteiger partial charge in [0.1, 0.15) is 4.90 Å². The molecule has 28 heavy (non-hydrogen) atoms. The zero-order valence-corrected chi connectivity index (χ0v) is 16.8. The van der Waals surface area contributed by atoms with Crippen LogP contribution in [0.2, 0.25) is 5.02 Å². The molecular weight excluding hydrogens is 413 g/mol. The van der Waals surface area contributed by atoms with Crippen molar-refractivity contribution >= 4 is 21.6 Å². The summed E-state index contributed by atoms with van der Waals surface area (Å²) in [5.41, 5.74) is 1.25. The van der Waals surface area contributed by atoms with Gasteiger partial charge in [0.05, 0.1) is 10.6 Å². The van der Waals surface area contributed by atoms with Crippen LogP contribution in [0.3, 0.4) is 0 Å². The lowest BCUT2D eigenvalue weighted by atomic mass is 10.1. The molecule has 1 aliphatic heterocycles. The fraction of sp³-hybridized carbons (Fsp3) is 0.368. The lowest BCUT2D eigenvalue weighted by Gasteiger charge is -2.34. The Labute approximate surface area is 167 Å². The van der Waals surface area contributed by atoms with Gasteiger partial charge < -0.3 is 0 Å². The molecule has 152 valence electrons. The number of rotatable bonds is 4. The van der Waals surface area contributed by atoms with E-state index >= 15 is 0 Å². The summed E-state index contributed by atoms with van der Waals surface area (Å²) in [6.45, 7) is 4.07. The molecule has 3 rings (SSSR count). The Hall–Kier alpha value is -1.61. The molecule has 0 unspecified atom stereocenters. The van der Waals surface area contributed by atoms with Crippen molar-refractivity contribution in [2.45, 2.75) is 24.5 Å². The predicted molar refractivity (Wildman–Crippen MR) is 102 cm³/mol. The van der Waals surface area contributed by atoms with Gasteiger partial charge in [-0.2, -0.15) is 17.5 Å². The first-order chi connectivity index (χ1) is 13.1. The first-order valence-corrected chi connectivity index (χ1v) is 10.5. The summed E-state index contributed by atoms with van der Waals surface area (Å²) in [6.07, 6.45) is -4.64. The molecule has 1 aliphatic rings. The zero-order valence-electron chi connectivity index (χ0n) is 15.2. The molecule has 2 aromatic rings. The van der Waals surface area contributed by atoms with Gasteiger partial charge in [-0.1, -0.05) is 41.4 Å². The minimum absolute atomic E-state index is 0.195. The SMILES string of the molecule is Cc1cccc(CN2CCN(S(=O)(=O)c3cc(C(F)(F)F)ccc3Cl)CC2)c1. The average Bonchev–Trinajstić information content (AvgIpc) is 2.61. The Bertz CT molecular complexity index is 956. The Balaban J connectivity index is 1.73. The van der Waals surface area contributed by atoms with Crippen LogP contribution in [0.15, 0.2) is 47.4 Å². The molecular formula is C19H20ClF3N2O2S. The molecule has 1 fully saturated rings. The second kappa shape index (κ2) is 8.02. The summed E-state index contributed by atoms with van der Waals surface area (Å²) in [6, 6.07) is 10.4. The van der Waals surface area contributed by atoms with Crippen molar-refractivity contribution in [3.05, 3.63) is 64.2 Å². The number of alkyl halides is 3. The molecule has 0 spiro atoms. The monoisotopic (exact) mass is 432 g/mol. The van der Waals surface area contributed by atoms with Crippen molar-refractivity contribution in [1.29, 1.82) is 0 Å². The third-order valence-electron chi connectivity index (χ3n) is 4.70. The van der Waals surface area contributed by atoms with Crippen molar-refractivity contribution in [2.24, 2.45) is 0 Å². The van der Waals surface area contributed by atoms with E-state index in [0.717, 1.165) is 23.3 Å². The van der Waals surface area contributed by atoms with Gasteiger partial charge in [0.25, 0.3) is 0 Å². The standard InChI is InChI=1S/C19H20ClF3N2O2S/c1-14-3-2-4-15(11-14)13-24-7-9-25(10-8-24)28(26,27)18-12-16(19(21,22)23)5-6-17(18)20/h2-6,11-12H,7-10,13H2,1H3. The summed E-state index contributed by atoms with van der Waals surface area (Å²) >= 11 is 5.92. The first-order valence-electron chi connectivity index (χ1n) is 8.72. The Kier molecular flexibility index (Phi) is 6.05. The van der Waals surface area contributed by atoms with Gasteiger partial charge in [0.2, 0.25) is 10.0 Å². The summed E-state index contributed by atoms with van der Waals surface area (Å²) in [7, 11) is -4.10. The number of benzene rings is 2. The van der Waals surface area contributed by atoms with Gasteiger partial charge in [-0.25, -0.2) is 8.42 Å². The lowest BCUT2D eigenvalue weighted by molar-refractivity contribution is -0.137. The number of halogens is 4. The fourth-order valence-corrected chi connectivity index (χ4v) is 5.14. The number of piperazine rings is 1. The van der Waals surface area contributed by atoms with E-state index in [1.54, 1.807) is 0 Å². The van der Waals surface area contributed by atoms with Crippen molar-refractivity contribution in [3.63, 3.8) is 0 Å². The van der Waals surface area contributed by atoms with Gasteiger partial charge >= 0.3 is 6.18 Å². The van der Waals surface area contributed by atoms with E-state index in [4.69, 9.17) is 11.6 Å². The largest absolute Gasteiger partial charge is 0.416 e. The second-order valence-electron chi connectivity index (χ2n) is 6.81. The number of hydrogen-bond donors (Lipinski definition) is 0. The van der Waals surface area contributed by atoms with E-state index in [1.165, 1.54) is 4.31 Å². The van der Waals surface area contributed by atoms with Crippen molar-refractivity contribution in [3.8, 4) is 0 Å². The van der Waals surface area contributed by atoms with Crippen LogP contribution >= 0.6 is 11.6 Å². The van der Waals surface area contributed by atoms with Gasteiger partial charge in [-0.15, -0.1) is 0 Å². The van der Waals surface area contributed by atoms with Crippen molar-refractivity contribution in [2.75, 3.05) is 26.2 Å². The maximum Gasteiger partial charge on any atom is 0.416 e. The molecule has 1 saturated heterocycles. The molecule has 0 radical (unpaired) electrons. The van der Waals surface area contributed by atoms with Crippen molar-refractivity contribution in [1.82, 2.24) is 9.21 Å². The van der Waals surface area contributed by atoms with E-state index in [0.29, 0.717) is 25.7 Å².